The van der Waals surface area contributed by atoms with Crippen molar-refractivity contribution in [3.63, 3.8) is 0 Å². The van der Waals surface area contributed by atoms with E-state index in [-0.39, 0.29) is 5.41 Å². The van der Waals surface area contributed by atoms with Gasteiger partial charge in [-0.05, 0) is 60.2 Å². The molecule has 0 aromatic heterocycles. The molecular formula is C21H36N3OS+. The Morgan fingerprint density at radius 1 is 1.08 bits per heavy atom. The van der Waals surface area contributed by atoms with E-state index in [9.17, 15) is 0 Å². The van der Waals surface area contributed by atoms with Gasteiger partial charge < -0.3 is 20.3 Å². The standard InChI is InChI=1S/C21H35N3OS/c1-16-14-18(21(3,4)5)15-17(2)19(16)6-7-22-20(26)23-8-9-24-10-12-25-13-11-24/h14-15H,6-13H2,1-5H3,(H2,22,23,26)/p+1. The molecule has 1 aliphatic rings. The van der Waals surface area contributed by atoms with Gasteiger partial charge in [-0.15, -0.1) is 0 Å². The second-order valence-electron chi connectivity index (χ2n) is 8.38. The Bertz CT molecular complexity index is 581. The van der Waals surface area contributed by atoms with Crippen LogP contribution in [-0.4, -0.2) is 51.0 Å². The molecule has 0 aliphatic carbocycles. The lowest BCUT2D eigenvalue weighted by Gasteiger charge is -2.24. The van der Waals surface area contributed by atoms with E-state index >= 15 is 0 Å². The Hall–Kier alpha value is -1.17. The van der Waals surface area contributed by atoms with Crippen molar-refractivity contribution in [2.24, 2.45) is 0 Å². The molecule has 0 atom stereocenters. The summed E-state index contributed by atoms with van der Waals surface area (Å²) >= 11 is 5.42. The van der Waals surface area contributed by atoms with Crippen LogP contribution in [0.25, 0.3) is 0 Å². The van der Waals surface area contributed by atoms with Crippen molar-refractivity contribution < 1.29 is 9.64 Å². The Morgan fingerprint density at radius 2 is 1.65 bits per heavy atom. The van der Waals surface area contributed by atoms with Crippen molar-refractivity contribution in [1.82, 2.24) is 10.6 Å². The second-order valence-corrected chi connectivity index (χ2v) is 8.79. The average molecular weight is 379 g/mol. The zero-order valence-corrected chi connectivity index (χ0v) is 17.9. The van der Waals surface area contributed by atoms with Crippen LogP contribution in [0.5, 0.6) is 0 Å². The highest BCUT2D eigenvalue weighted by Crippen LogP contribution is 2.26. The Kier molecular flexibility index (Phi) is 7.86. The Balaban J connectivity index is 1.74. The third kappa shape index (κ3) is 6.53. The number of benzene rings is 1. The van der Waals surface area contributed by atoms with Crippen LogP contribution in [0.4, 0.5) is 0 Å². The summed E-state index contributed by atoms with van der Waals surface area (Å²) in [5, 5.41) is 7.45. The van der Waals surface area contributed by atoms with E-state index in [1.807, 2.05) is 0 Å². The molecule has 1 aromatic carbocycles. The van der Waals surface area contributed by atoms with Gasteiger partial charge in [0.15, 0.2) is 5.11 Å². The Morgan fingerprint density at radius 3 is 2.23 bits per heavy atom. The first-order valence-electron chi connectivity index (χ1n) is 9.81. The molecule has 0 bridgehead atoms. The fourth-order valence-corrected chi connectivity index (χ4v) is 3.65. The summed E-state index contributed by atoms with van der Waals surface area (Å²) in [6, 6.07) is 4.67. The van der Waals surface area contributed by atoms with Gasteiger partial charge in [0.05, 0.1) is 26.3 Å². The third-order valence-corrected chi connectivity index (χ3v) is 5.48. The van der Waals surface area contributed by atoms with Crippen LogP contribution >= 0.6 is 12.2 Å². The summed E-state index contributed by atoms with van der Waals surface area (Å²) in [7, 11) is 0. The van der Waals surface area contributed by atoms with Crippen molar-refractivity contribution in [2.75, 3.05) is 45.9 Å². The minimum atomic E-state index is 0.195. The average Bonchev–Trinajstić information content (AvgIpc) is 2.57. The topological polar surface area (TPSA) is 37.7 Å². The molecule has 1 fully saturated rings. The number of morpholine rings is 1. The Labute approximate surface area is 164 Å². The summed E-state index contributed by atoms with van der Waals surface area (Å²) < 4.78 is 5.39. The van der Waals surface area contributed by atoms with Crippen molar-refractivity contribution >= 4 is 17.3 Å². The molecule has 0 spiro atoms. The quantitative estimate of drug-likeness (QED) is 0.656. The summed E-state index contributed by atoms with van der Waals surface area (Å²) in [4.78, 5) is 1.59. The molecule has 0 saturated carbocycles. The van der Waals surface area contributed by atoms with E-state index in [2.05, 4.69) is 57.4 Å². The van der Waals surface area contributed by atoms with Crippen molar-refractivity contribution in [3.05, 3.63) is 34.4 Å². The maximum Gasteiger partial charge on any atom is 0.166 e. The summed E-state index contributed by atoms with van der Waals surface area (Å²) in [6.45, 7) is 18.1. The number of aryl methyl sites for hydroxylation is 2. The van der Waals surface area contributed by atoms with Gasteiger partial charge in [-0.2, -0.15) is 0 Å². The molecule has 5 heteroatoms. The van der Waals surface area contributed by atoms with Crippen LogP contribution in [0.2, 0.25) is 0 Å². The second kappa shape index (κ2) is 9.67. The number of nitrogens with one attached hydrogen (secondary N) is 3. The zero-order chi connectivity index (χ0) is 19.2. The third-order valence-electron chi connectivity index (χ3n) is 5.19. The predicted octanol–water partition coefficient (Wildman–Crippen LogP) is 1.52. The molecule has 3 N–H and O–H groups in total. The monoisotopic (exact) mass is 378 g/mol. The van der Waals surface area contributed by atoms with Gasteiger partial charge in [-0.25, -0.2) is 0 Å². The minimum Gasteiger partial charge on any atom is -0.370 e. The maximum atomic E-state index is 5.42. The number of rotatable bonds is 6. The highest BCUT2D eigenvalue weighted by atomic mass is 32.1. The summed E-state index contributed by atoms with van der Waals surface area (Å²) in [5.41, 5.74) is 5.80. The minimum absolute atomic E-state index is 0.195. The highest BCUT2D eigenvalue weighted by Gasteiger charge is 2.16. The lowest BCUT2D eigenvalue weighted by molar-refractivity contribution is -0.906. The number of quaternary nitrogens is 1. The van der Waals surface area contributed by atoms with E-state index in [4.69, 9.17) is 17.0 Å². The molecular weight excluding hydrogens is 342 g/mol. The van der Waals surface area contributed by atoms with Gasteiger partial charge in [0, 0.05) is 6.54 Å². The number of thiocarbonyl (C=S) groups is 1. The smallest absolute Gasteiger partial charge is 0.166 e. The molecule has 0 unspecified atom stereocenters. The lowest BCUT2D eigenvalue weighted by Crippen LogP contribution is -3.14. The van der Waals surface area contributed by atoms with Crippen LogP contribution in [0.1, 0.15) is 43.0 Å². The zero-order valence-electron chi connectivity index (χ0n) is 17.1. The first-order chi connectivity index (χ1) is 12.3. The van der Waals surface area contributed by atoms with Crippen LogP contribution in [-0.2, 0) is 16.6 Å². The van der Waals surface area contributed by atoms with Crippen LogP contribution in [0.3, 0.4) is 0 Å². The van der Waals surface area contributed by atoms with E-state index in [0.717, 1.165) is 57.5 Å². The van der Waals surface area contributed by atoms with Crippen molar-refractivity contribution in [1.29, 1.82) is 0 Å². The van der Waals surface area contributed by atoms with Gasteiger partial charge in [0.1, 0.15) is 13.1 Å². The molecule has 1 aromatic rings. The molecule has 1 heterocycles. The fourth-order valence-electron chi connectivity index (χ4n) is 3.45. The molecule has 1 aliphatic heterocycles. The van der Waals surface area contributed by atoms with Crippen LogP contribution < -0.4 is 15.5 Å². The number of hydrogen-bond donors (Lipinski definition) is 3. The lowest BCUT2D eigenvalue weighted by atomic mass is 9.83. The molecule has 4 nitrogen and oxygen atoms in total. The fraction of sp³-hybridized carbons (Fsp3) is 0.667. The van der Waals surface area contributed by atoms with Crippen molar-refractivity contribution in [3.8, 4) is 0 Å². The normalized spacial score (nSPS) is 15.7. The molecule has 26 heavy (non-hydrogen) atoms. The summed E-state index contributed by atoms with van der Waals surface area (Å²) in [6.07, 6.45) is 0.999. The highest BCUT2D eigenvalue weighted by molar-refractivity contribution is 7.80. The predicted molar refractivity (Wildman–Crippen MR) is 113 cm³/mol. The van der Waals surface area contributed by atoms with E-state index in [1.165, 1.54) is 22.3 Å². The SMILES string of the molecule is Cc1cc(C(C)(C)C)cc(C)c1CCNC(=S)NCC[NH+]1CCOCC1. The first-order valence-corrected chi connectivity index (χ1v) is 10.2. The van der Waals surface area contributed by atoms with E-state index in [1.54, 1.807) is 4.90 Å². The van der Waals surface area contributed by atoms with Gasteiger partial charge in [-0.1, -0.05) is 32.9 Å². The van der Waals surface area contributed by atoms with Crippen molar-refractivity contribution in [2.45, 2.75) is 46.5 Å². The van der Waals surface area contributed by atoms with Crippen LogP contribution in [0.15, 0.2) is 12.1 Å². The molecule has 0 radical (unpaired) electrons. The number of hydrogen-bond acceptors (Lipinski definition) is 2. The summed E-state index contributed by atoms with van der Waals surface area (Å²) in [5.74, 6) is 0. The van der Waals surface area contributed by atoms with Gasteiger partial charge in [0.25, 0.3) is 0 Å². The van der Waals surface area contributed by atoms with E-state index < -0.39 is 0 Å². The van der Waals surface area contributed by atoms with E-state index in [0.29, 0.717) is 0 Å². The number of ether oxygens (including phenoxy) is 1. The molecule has 0 amide bonds. The van der Waals surface area contributed by atoms with Gasteiger partial charge in [-0.3, -0.25) is 0 Å². The molecule has 146 valence electrons. The molecule has 2 rings (SSSR count). The largest absolute Gasteiger partial charge is 0.370 e. The van der Waals surface area contributed by atoms with Gasteiger partial charge in [0.2, 0.25) is 0 Å². The first kappa shape index (κ1) is 21.1. The molecule has 1 saturated heterocycles. The van der Waals surface area contributed by atoms with Crippen LogP contribution in [0, 0.1) is 13.8 Å². The van der Waals surface area contributed by atoms with Gasteiger partial charge >= 0.3 is 0 Å². The maximum absolute atomic E-state index is 5.42.